The van der Waals surface area contributed by atoms with Gasteiger partial charge in [0.25, 0.3) is 0 Å². The number of anilines is 2. The van der Waals surface area contributed by atoms with Crippen molar-refractivity contribution in [2.45, 2.75) is 13.0 Å². The van der Waals surface area contributed by atoms with Gasteiger partial charge in [0.1, 0.15) is 23.0 Å². The predicted octanol–water partition coefficient (Wildman–Crippen LogP) is 4.76. The highest BCUT2D eigenvalue weighted by Crippen LogP contribution is 2.37. The van der Waals surface area contributed by atoms with Crippen molar-refractivity contribution in [1.29, 1.82) is 0 Å². The average molecular weight is 404 g/mol. The number of benzene rings is 3. The first-order chi connectivity index (χ1) is 14.6. The average Bonchev–Trinajstić information content (AvgIpc) is 3.36. The summed E-state index contributed by atoms with van der Waals surface area (Å²) in [6.45, 7) is 1.99. The lowest BCUT2D eigenvalue weighted by Gasteiger charge is -2.17. The third-order valence-electron chi connectivity index (χ3n) is 5.11. The summed E-state index contributed by atoms with van der Waals surface area (Å²) in [6.07, 6.45) is 0. The molecular formula is C23H20N2O5. The second kappa shape index (κ2) is 7.18. The van der Waals surface area contributed by atoms with Crippen LogP contribution in [0.2, 0.25) is 0 Å². The fourth-order valence-corrected chi connectivity index (χ4v) is 3.56. The van der Waals surface area contributed by atoms with Gasteiger partial charge < -0.3 is 29.3 Å². The van der Waals surface area contributed by atoms with Crippen molar-refractivity contribution < 1.29 is 23.4 Å². The quantitative estimate of drug-likeness (QED) is 0.499. The van der Waals surface area contributed by atoms with E-state index < -0.39 is 6.04 Å². The lowest BCUT2D eigenvalue weighted by atomic mass is 10.1. The third-order valence-corrected chi connectivity index (χ3v) is 5.11. The molecular weight excluding hydrogens is 384 g/mol. The van der Waals surface area contributed by atoms with Crippen LogP contribution in [0.5, 0.6) is 17.2 Å². The Labute approximate surface area is 172 Å². The number of ether oxygens (including phenoxy) is 3. The number of fused-ring (bicyclic) bond motifs is 4. The van der Waals surface area contributed by atoms with Gasteiger partial charge in [-0.05, 0) is 31.2 Å². The minimum atomic E-state index is -0.499. The van der Waals surface area contributed by atoms with Crippen molar-refractivity contribution in [2.75, 3.05) is 24.5 Å². The van der Waals surface area contributed by atoms with Crippen molar-refractivity contribution in [3.8, 4) is 17.2 Å². The Morgan fingerprint density at radius 1 is 1.00 bits per heavy atom. The Morgan fingerprint density at radius 2 is 1.83 bits per heavy atom. The van der Waals surface area contributed by atoms with Gasteiger partial charge >= 0.3 is 0 Å². The van der Waals surface area contributed by atoms with Crippen molar-refractivity contribution in [3.63, 3.8) is 0 Å². The van der Waals surface area contributed by atoms with Crippen LogP contribution >= 0.6 is 0 Å². The highest BCUT2D eigenvalue weighted by Gasteiger charge is 2.19. The molecule has 0 radical (unpaired) electrons. The van der Waals surface area contributed by atoms with Crippen LogP contribution in [-0.2, 0) is 4.79 Å². The first-order valence-electron chi connectivity index (χ1n) is 9.59. The highest BCUT2D eigenvalue weighted by atomic mass is 16.7. The zero-order chi connectivity index (χ0) is 20.7. The first kappa shape index (κ1) is 18.2. The molecule has 0 bridgehead atoms. The number of hydrogen-bond acceptors (Lipinski definition) is 6. The molecule has 7 nitrogen and oxygen atoms in total. The van der Waals surface area contributed by atoms with E-state index >= 15 is 0 Å². The van der Waals surface area contributed by atoms with Gasteiger partial charge in [-0.2, -0.15) is 0 Å². The third kappa shape index (κ3) is 3.14. The van der Waals surface area contributed by atoms with Crippen LogP contribution in [0, 0.1) is 0 Å². The first-order valence-corrected chi connectivity index (χ1v) is 9.59. The molecule has 1 aromatic heterocycles. The summed E-state index contributed by atoms with van der Waals surface area (Å²) in [7, 11) is 1.58. The molecule has 7 heteroatoms. The maximum atomic E-state index is 12.8. The topological polar surface area (TPSA) is 82.0 Å². The molecule has 0 spiro atoms. The maximum Gasteiger partial charge on any atom is 0.246 e. The number of amides is 1. The highest BCUT2D eigenvalue weighted by molar-refractivity contribution is 6.08. The van der Waals surface area contributed by atoms with E-state index in [1.807, 2.05) is 48.5 Å². The number of nitrogens with one attached hydrogen (secondary N) is 2. The fourth-order valence-electron chi connectivity index (χ4n) is 3.56. The molecule has 0 unspecified atom stereocenters. The van der Waals surface area contributed by atoms with E-state index in [1.54, 1.807) is 20.1 Å². The minimum Gasteiger partial charge on any atom is -0.495 e. The minimum absolute atomic E-state index is 0.207. The number of furan rings is 1. The van der Waals surface area contributed by atoms with Gasteiger partial charge in [-0.1, -0.05) is 18.2 Å². The second-order valence-electron chi connectivity index (χ2n) is 7.07. The van der Waals surface area contributed by atoms with E-state index in [0.717, 1.165) is 22.0 Å². The van der Waals surface area contributed by atoms with Gasteiger partial charge in [-0.3, -0.25) is 4.79 Å². The van der Waals surface area contributed by atoms with Gasteiger partial charge in [0, 0.05) is 28.6 Å². The molecule has 3 aromatic carbocycles. The smallest absolute Gasteiger partial charge is 0.246 e. The van der Waals surface area contributed by atoms with Crippen molar-refractivity contribution in [2.24, 2.45) is 0 Å². The second-order valence-corrected chi connectivity index (χ2v) is 7.07. The van der Waals surface area contributed by atoms with Crippen LogP contribution < -0.4 is 24.8 Å². The Morgan fingerprint density at radius 3 is 2.70 bits per heavy atom. The van der Waals surface area contributed by atoms with Crippen LogP contribution in [-0.4, -0.2) is 25.9 Å². The number of hydrogen-bond donors (Lipinski definition) is 2. The molecule has 0 fully saturated rings. The number of para-hydroxylation sites is 1. The van der Waals surface area contributed by atoms with Gasteiger partial charge in [0.2, 0.25) is 12.7 Å². The van der Waals surface area contributed by atoms with E-state index in [1.165, 1.54) is 0 Å². The standard InChI is InChI=1S/C23H20N2O5/c1-13(24-14-7-8-19-22(9-14)29-12-28-19)23(26)25-17-11-20-16(10-21(17)27-2)15-5-3-4-6-18(15)30-20/h3-11,13,24H,12H2,1-2H3,(H,25,26)/t13-/m1/s1. The molecule has 0 aliphatic carbocycles. The van der Waals surface area contributed by atoms with Crippen molar-refractivity contribution in [1.82, 2.24) is 0 Å². The van der Waals surface area contributed by atoms with Crippen LogP contribution in [0.1, 0.15) is 6.92 Å². The van der Waals surface area contributed by atoms with E-state index in [9.17, 15) is 4.79 Å². The predicted molar refractivity (Wildman–Crippen MR) is 115 cm³/mol. The van der Waals surface area contributed by atoms with Gasteiger partial charge in [0.15, 0.2) is 11.5 Å². The van der Waals surface area contributed by atoms with E-state index in [4.69, 9.17) is 18.6 Å². The summed E-state index contributed by atoms with van der Waals surface area (Å²) in [6, 6.07) is 16.4. The number of rotatable bonds is 5. The number of carbonyl (C=O) groups is 1. The molecule has 2 N–H and O–H groups in total. The van der Waals surface area contributed by atoms with Gasteiger partial charge in [0.05, 0.1) is 12.8 Å². The Kier molecular flexibility index (Phi) is 4.35. The normalized spacial score (nSPS) is 13.4. The summed E-state index contributed by atoms with van der Waals surface area (Å²) in [5.41, 5.74) is 2.79. The fraction of sp³-hybridized carbons (Fsp3) is 0.174. The van der Waals surface area contributed by atoms with Crippen LogP contribution in [0.4, 0.5) is 11.4 Å². The Bertz CT molecular complexity index is 1260. The molecule has 30 heavy (non-hydrogen) atoms. The number of carbonyl (C=O) groups excluding carboxylic acids is 1. The van der Waals surface area contributed by atoms with E-state index in [-0.39, 0.29) is 12.7 Å². The van der Waals surface area contributed by atoms with E-state index in [0.29, 0.717) is 28.5 Å². The van der Waals surface area contributed by atoms with Gasteiger partial charge in [-0.15, -0.1) is 0 Å². The SMILES string of the molecule is COc1cc2c(cc1NC(=O)[C@@H](C)Nc1ccc3c(c1)OCO3)oc1ccccc12. The maximum absolute atomic E-state index is 12.8. The molecule has 1 amide bonds. The lowest BCUT2D eigenvalue weighted by Crippen LogP contribution is -2.32. The van der Waals surface area contributed by atoms with Crippen molar-refractivity contribution in [3.05, 3.63) is 54.6 Å². The zero-order valence-corrected chi connectivity index (χ0v) is 16.5. The summed E-state index contributed by atoms with van der Waals surface area (Å²) in [4.78, 5) is 12.8. The largest absolute Gasteiger partial charge is 0.495 e. The number of methoxy groups -OCH3 is 1. The molecule has 4 aromatic rings. The van der Waals surface area contributed by atoms with Crippen LogP contribution in [0.3, 0.4) is 0 Å². The zero-order valence-electron chi connectivity index (χ0n) is 16.5. The summed E-state index contributed by atoms with van der Waals surface area (Å²) in [5, 5.41) is 8.04. The molecule has 0 saturated carbocycles. The van der Waals surface area contributed by atoms with E-state index in [2.05, 4.69) is 10.6 Å². The molecule has 2 heterocycles. The van der Waals surface area contributed by atoms with Gasteiger partial charge in [-0.25, -0.2) is 0 Å². The molecule has 152 valence electrons. The monoisotopic (exact) mass is 404 g/mol. The summed E-state index contributed by atoms with van der Waals surface area (Å²) < 4.78 is 22.1. The van der Waals surface area contributed by atoms with Crippen LogP contribution in [0.25, 0.3) is 21.9 Å². The molecule has 1 atom stereocenters. The Balaban J connectivity index is 1.38. The summed E-state index contributed by atoms with van der Waals surface area (Å²) in [5.74, 6) is 1.71. The lowest BCUT2D eigenvalue weighted by molar-refractivity contribution is -0.116. The molecule has 0 saturated heterocycles. The summed E-state index contributed by atoms with van der Waals surface area (Å²) >= 11 is 0. The molecule has 1 aliphatic heterocycles. The molecule has 1 aliphatic rings. The molecule has 5 rings (SSSR count). The van der Waals surface area contributed by atoms with Crippen LogP contribution in [0.15, 0.2) is 59.0 Å². The van der Waals surface area contributed by atoms with Crippen molar-refractivity contribution >= 4 is 39.2 Å². The Hall–Kier alpha value is -3.87.